The molecule has 1 aliphatic rings. The molecule has 2 heteroatoms. The van der Waals surface area contributed by atoms with Crippen LogP contribution >= 0.6 is 11.3 Å². The highest BCUT2D eigenvalue weighted by Crippen LogP contribution is 2.55. The third-order valence-electron chi connectivity index (χ3n) is 3.15. The van der Waals surface area contributed by atoms with Crippen LogP contribution in [0.5, 0.6) is 0 Å². The Hall–Kier alpha value is -0.340. The molecule has 1 fully saturated rings. The van der Waals surface area contributed by atoms with Gasteiger partial charge in [-0.3, -0.25) is 0 Å². The van der Waals surface area contributed by atoms with Crippen molar-refractivity contribution in [1.82, 2.24) is 0 Å². The monoisotopic (exact) mass is 210 g/mol. The normalized spacial score (nSPS) is 30.6. The summed E-state index contributed by atoms with van der Waals surface area (Å²) in [5, 5.41) is 10.3. The van der Waals surface area contributed by atoms with Crippen molar-refractivity contribution in [2.24, 2.45) is 5.92 Å². The van der Waals surface area contributed by atoms with E-state index in [9.17, 15) is 5.11 Å². The summed E-state index contributed by atoms with van der Waals surface area (Å²) in [5.74, 6) is 0.524. The van der Waals surface area contributed by atoms with Gasteiger partial charge in [0, 0.05) is 9.75 Å². The second-order valence-electron chi connectivity index (χ2n) is 4.23. The maximum Gasteiger partial charge on any atom is 0.102 e. The molecule has 14 heavy (non-hydrogen) atoms. The summed E-state index contributed by atoms with van der Waals surface area (Å²) in [7, 11) is 0. The molecule has 1 nitrogen and oxygen atoms in total. The predicted octanol–water partition coefficient (Wildman–Crippen LogP) is 3.32. The minimum atomic E-state index is -0.450. The molecule has 2 unspecified atom stereocenters. The zero-order valence-corrected chi connectivity index (χ0v) is 9.73. The van der Waals surface area contributed by atoms with Gasteiger partial charge in [0.15, 0.2) is 0 Å². The molecule has 0 saturated heterocycles. The highest BCUT2D eigenvalue weighted by atomic mass is 32.1. The Morgan fingerprint density at radius 2 is 2.29 bits per heavy atom. The fourth-order valence-corrected chi connectivity index (χ4v) is 3.23. The lowest BCUT2D eigenvalue weighted by Crippen LogP contribution is -2.05. The van der Waals surface area contributed by atoms with Crippen LogP contribution in [-0.4, -0.2) is 5.11 Å². The fraction of sp³-hybridized carbons (Fsp3) is 0.667. The second kappa shape index (κ2) is 3.67. The minimum Gasteiger partial charge on any atom is -0.384 e. The lowest BCUT2D eigenvalue weighted by molar-refractivity contribution is 0.133. The smallest absolute Gasteiger partial charge is 0.102 e. The number of aliphatic hydroxyl groups is 1. The molecule has 1 saturated carbocycles. The van der Waals surface area contributed by atoms with Crippen molar-refractivity contribution >= 4 is 11.3 Å². The molecule has 2 atom stereocenters. The van der Waals surface area contributed by atoms with Gasteiger partial charge in [-0.2, -0.15) is 0 Å². The van der Waals surface area contributed by atoms with Gasteiger partial charge in [-0.05, 0) is 37.3 Å². The molecule has 0 radical (unpaired) electrons. The van der Waals surface area contributed by atoms with Crippen molar-refractivity contribution in [2.75, 3.05) is 0 Å². The molecule has 0 aliphatic heterocycles. The summed E-state index contributed by atoms with van der Waals surface area (Å²) >= 11 is 1.78. The van der Waals surface area contributed by atoms with Crippen LogP contribution in [0.2, 0.25) is 0 Å². The predicted molar refractivity (Wildman–Crippen MR) is 60.6 cm³/mol. The largest absolute Gasteiger partial charge is 0.384 e. The van der Waals surface area contributed by atoms with E-state index in [0.717, 1.165) is 19.3 Å². The van der Waals surface area contributed by atoms with E-state index in [1.165, 1.54) is 16.2 Å². The second-order valence-corrected chi connectivity index (χ2v) is 5.40. The molecule has 0 amide bonds. The van der Waals surface area contributed by atoms with Crippen molar-refractivity contribution in [2.45, 2.75) is 45.1 Å². The first kappa shape index (κ1) is 10.2. The Morgan fingerprint density at radius 3 is 2.86 bits per heavy atom. The molecule has 1 N–H and O–H groups in total. The van der Waals surface area contributed by atoms with Gasteiger partial charge in [0.2, 0.25) is 0 Å². The molecule has 1 aromatic heterocycles. The van der Waals surface area contributed by atoms with Crippen molar-refractivity contribution in [3.63, 3.8) is 0 Å². The van der Waals surface area contributed by atoms with Crippen LogP contribution in [0, 0.1) is 5.92 Å². The zero-order valence-electron chi connectivity index (χ0n) is 8.92. The first-order valence-electron chi connectivity index (χ1n) is 5.52. The molecular weight excluding hydrogens is 192 g/mol. The molecule has 0 bridgehead atoms. The lowest BCUT2D eigenvalue weighted by atomic mass is 10.1. The number of hydrogen-bond acceptors (Lipinski definition) is 2. The van der Waals surface area contributed by atoms with E-state index in [4.69, 9.17) is 0 Å². The average molecular weight is 210 g/mol. The molecular formula is C12H18OS. The Labute approximate surface area is 89.8 Å². The van der Waals surface area contributed by atoms with Gasteiger partial charge in [0.05, 0.1) is 0 Å². The summed E-state index contributed by atoms with van der Waals surface area (Å²) in [5.41, 5.74) is -0.450. The van der Waals surface area contributed by atoms with Gasteiger partial charge in [0.25, 0.3) is 0 Å². The van der Waals surface area contributed by atoms with Gasteiger partial charge < -0.3 is 5.11 Å². The standard InChI is InChI=1S/C12H18OS/c1-3-5-9-8-12(9,13)11-7-6-10(4-2)14-11/h6-7,9,13H,3-5,8H2,1-2H3. The molecule has 1 aromatic rings. The molecule has 2 rings (SSSR count). The van der Waals surface area contributed by atoms with Crippen LogP contribution in [0.3, 0.4) is 0 Å². The Balaban J connectivity index is 2.09. The van der Waals surface area contributed by atoms with E-state index >= 15 is 0 Å². The Morgan fingerprint density at radius 1 is 1.50 bits per heavy atom. The quantitative estimate of drug-likeness (QED) is 0.808. The van der Waals surface area contributed by atoms with Crippen molar-refractivity contribution in [3.05, 3.63) is 21.9 Å². The number of thiophene rings is 1. The maximum absolute atomic E-state index is 10.3. The van der Waals surface area contributed by atoms with Crippen LogP contribution in [0.1, 0.15) is 42.9 Å². The summed E-state index contributed by atoms with van der Waals surface area (Å²) in [6.45, 7) is 4.35. The number of aryl methyl sites for hydroxylation is 1. The van der Waals surface area contributed by atoms with Gasteiger partial charge in [-0.25, -0.2) is 0 Å². The van der Waals surface area contributed by atoms with Gasteiger partial charge in [-0.1, -0.05) is 20.3 Å². The van der Waals surface area contributed by atoms with Gasteiger partial charge in [-0.15, -0.1) is 11.3 Å². The number of rotatable bonds is 4. The van der Waals surface area contributed by atoms with Crippen LogP contribution in [0.15, 0.2) is 12.1 Å². The number of hydrogen-bond donors (Lipinski definition) is 1. The van der Waals surface area contributed by atoms with Crippen LogP contribution in [-0.2, 0) is 12.0 Å². The summed E-state index contributed by atoms with van der Waals surface area (Å²) in [6, 6.07) is 4.26. The topological polar surface area (TPSA) is 20.2 Å². The van der Waals surface area contributed by atoms with E-state index in [-0.39, 0.29) is 0 Å². The van der Waals surface area contributed by atoms with Gasteiger partial charge in [0.1, 0.15) is 5.60 Å². The molecule has 78 valence electrons. The zero-order chi connectivity index (χ0) is 10.2. The summed E-state index contributed by atoms with van der Waals surface area (Å²) in [4.78, 5) is 2.57. The van der Waals surface area contributed by atoms with Crippen molar-refractivity contribution in [1.29, 1.82) is 0 Å². The van der Waals surface area contributed by atoms with Crippen molar-refractivity contribution < 1.29 is 5.11 Å². The molecule has 1 aliphatic carbocycles. The SMILES string of the molecule is CCCC1CC1(O)c1ccc(CC)s1. The average Bonchev–Trinajstić information content (AvgIpc) is 2.69. The van der Waals surface area contributed by atoms with Crippen LogP contribution in [0.4, 0.5) is 0 Å². The maximum atomic E-state index is 10.3. The van der Waals surface area contributed by atoms with Gasteiger partial charge >= 0.3 is 0 Å². The van der Waals surface area contributed by atoms with E-state index < -0.39 is 5.60 Å². The first-order valence-corrected chi connectivity index (χ1v) is 6.34. The molecule has 0 aromatic carbocycles. The third kappa shape index (κ3) is 1.61. The lowest BCUT2D eigenvalue weighted by Gasteiger charge is -2.06. The highest BCUT2D eigenvalue weighted by Gasteiger charge is 2.54. The van der Waals surface area contributed by atoms with E-state index in [1.807, 2.05) is 0 Å². The summed E-state index contributed by atoms with van der Waals surface area (Å²) < 4.78 is 0. The molecule has 1 heterocycles. The van der Waals surface area contributed by atoms with Crippen LogP contribution < -0.4 is 0 Å². The molecule has 0 spiro atoms. The van der Waals surface area contributed by atoms with E-state index in [1.54, 1.807) is 11.3 Å². The van der Waals surface area contributed by atoms with E-state index in [0.29, 0.717) is 5.92 Å². The summed E-state index contributed by atoms with van der Waals surface area (Å²) in [6.07, 6.45) is 4.40. The Bertz CT molecular complexity index is 318. The fourth-order valence-electron chi connectivity index (χ4n) is 2.11. The first-order chi connectivity index (χ1) is 6.70. The Kier molecular flexibility index (Phi) is 2.67. The minimum absolute atomic E-state index is 0.450. The highest BCUT2D eigenvalue weighted by molar-refractivity contribution is 7.12. The third-order valence-corrected chi connectivity index (χ3v) is 4.54. The van der Waals surface area contributed by atoms with Crippen molar-refractivity contribution in [3.8, 4) is 0 Å². The van der Waals surface area contributed by atoms with Crippen LogP contribution in [0.25, 0.3) is 0 Å². The van der Waals surface area contributed by atoms with E-state index in [2.05, 4.69) is 26.0 Å².